The summed E-state index contributed by atoms with van der Waals surface area (Å²) < 4.78 is 10.6. The third-order valence-corrected chi connectivity index (χ3v) is 4.79. The Hall–Kier alpha value is -3.93. The monoisotopic (exact) mass is 439 g/mol. The molecule has 0 aliphatic carbocycles. The van der Waals surface area contributed by atoms with Crippen molar-refractivity contribution in [2.45, 2.75) is 19.4 Å². The number of methoxy groups -OCH3 is 2. The number of nitrogens with two attached hydrogens (primary N) is 2. The van der Waals surface area contributed by atoms with Crippen LogP contribution in [0.1, 0.15) is 18.9 Å². The van der Waals surface area contributed by atoms with Crippen LogP contribution in [0.3, 0.4) is 0 Å². The van der Waals surface area contributed by atoms with Crippen LogP contribution in [-0.4, -0.2) is 62.4 Å². The first-order valence-corrected chi connectivity index (χ1v) is 10.1. The number of amidine groups is 1. The Morgan fingerprint density at radius 1 is 1.28 bits per heavy atom. The van der Waals surface area contributed by atoms with Crippen molar-refractivity contribution < 1.29 is 19.1 Å². The van der Waals surface area contributed by atoms with E-state index < -0.39 is 5.91 Å². The van der Waals surface area contributed by atoms with Gasteiger partial charge in [-0.1, -0.05) is 12.5 Å². The number of carbonyl (C=O) groups is 2. The van der Waals surface area contributed by atoms with Crippen LogP contribution in [0, 0.1) is 11.8 Å². The van der Waals surface area contributed by atoms with E-state index in [0.717, 1.165) is 0 Å². The van der Waals surface area contributed by atoms with E-state index in [-0.39, 0.29) is 29.1 Å². The lowest BCUT2D eigenvalue weighted by atomic mass is 10.1. The van der Waals surface area contributed by atoms with E-state index in [1.807, 2.05) is 0 Å². The van der Waals surface area contributed by atoms with Gasteiger partial charge in [-0.15, -0.1) is 0 Å². The molecule has 1 saturated heterocycles. The quantitative estimate of drug-likeness (QED) is 0.235. The van der Waals surface area contributed by atoms with Crippen LogP contribution in [0.5, 0.6) is 11.5 Å². The molecular formula is C23H29N5O4. The maximum absolute atomic E-state index is 12.2. The molecule has 1 fully saturated rings. The summed E-state index contributed by atoms with van der Waals surface area (Å²) in [7, 11) is 3.09. The molecule has 9 nitrogen and oxygen atoms in total. The summed E-state index contributed by atoms with van der Waals surface area (Å²) in [6.45, 7) is 6.68. The number of primary amides is 1. The second-order valence-corrected chi connectivity index (χ2v) is 6.94. The average Bonchev–Trinajstić information content (AvgIpc) is 3.25. The Labute approximate surface area is 188 Å². The molecular weight excluding hydrogens is 410 g/mol. The normalized spacial score (nSPS) is 16.4. The van der Waals surface area contributed by atoms with E-state index in [4.69, 9.17) is 20.9 Å². The highest BCUT2D eigenvalue weighted by atomic mass is 16.5. The summed E-state index contributed by atoms with van der Waals surface area (Å²) in [4.78, 5) is 29.9. The highest BCUT2D eigenvalue weighted by Gasteiger charge is 2.27. The minimum Gasteiger partial charge on any atom is -0.497 e. The van der Waals surface area contributed by atoms with Gasteiger partial charge in [0.2, 0.25) is 5.91 Å². The zero-order chi connectivity index (χ0) is 23.7. The van der Waals surface area contributed by atoms with E-state index in [0.29, 0.717) is 43.1 Å². The lowest BCUT2D eigenvalue weighted by Crippen LogP contribution is -2.37. The molecule has 1 aliphatic rings. The summed E-state index contributed by atoms with van der Waals surface area (Å²) in [5, 5.41) is 3.23. The number of aliphatic imine (C=N–C) groups is 1. The Bertz CT molecular complexity index is 981. The molecule has 32 heavy (non-hydrogen) atoms. The van der Waals surface area contributed by atoms with Crippen LogP contribution in [0.25, 0.3) is 0 Å². The van der Waals surface area contributed by atoms with Gasteiger partial charge < -0.3 is 31.2 Å². The van der Waals surface area contributed by atoms with Crippen molar-refractivity contribution in [1.82, 2.24) is 10.2 Å². The van der Waals surface area contributed by atoms with Crippen LogP contribution in [-0.2, 0) is 9.59 Å². The number of hydrogen-bond acceptors (Lipinski definition) is 6. The topological polar surface area (TPSA) is 132 Å². The van der Waals surface area contributed by atoms with Crippen molar-refractivity contribution in [3.8, 4) is 23.3 Å². The molecule has 1 heterocycles. The number of rotatable bonds is 8. The molecule has 5 N–H and O–H groups in total. The van der Waals surface area contributed by atoms with Gasteiger partial charge in [-0.05, 0) is 37.5 Å². The van der Waals surface area contributed by atoms with Gasteiger partial charge in [-0.3, -0.25) is 14.6 Å². The minimum absolute atomic E-state index is 0.00251. The number of benzene rings is 1. The molecule has 0 radical (unpaired) electrons. The maximum Gasteiger partial charge on any atom is 0.255 e. The van der Waals surface area contributed by atoms with E-state index >= 15 is 0 Å². The number of nitrogens with one attached hydrogen (secondary N) is 1. The van der Waals surface area contributed by atoms with Crippen molar-refractivity contribution in [1.29, 1.82) is 0 Å². The Balaban J connectivity index is 2.49. The van der Waals surface area contributed by atoms with Gasteiger partial charge in [0, 0.05) is 37.3 Å². The smallest absolute Gasteiger partial charge is 0.255 e. The van der Waals surface area contributed by atoms with Crippen LogP contribution < -0.4 is 26.3 Å². The third kappa shape index (κ3) is 6.28. The van der Waals surface area contributed by atoms with Crippen LogP contribution in [0.4, 0.5) is 0 Å². The molecule has 9 heteroatoms. The van der Waals surface area contributed by atoms with Gasteiger partial charge in [0.25, 0.3) is 5.91 Å². The minimum atomic E-state index is -0.753. The lowest BCUT2D eigenvalue weighted by Gasteiger charge is -2.17. The van der Waals surface area contributed by atoms with Crippen molar-refractivity contribution >= 4 is 17.6 Å². The molecule has 0 unspecified atom stereocenters. The number of likely N-dealkylation sites (tertiary alicyclic amines) is 1. The fourth-order valence-electron chi connectivity index (χ4n) is 3.22. The molecule has 1 aromatic carbocycles. The molecule has 2 rings (SSSR count). The summed E-state index contributed by atoms with van der Waals surface area (Å²) in [6, 6.07) is 5.05. The molecule has 0 bridgehead atoms. The number of allylic oxidation sites excluding steroid dienone is 1. The lowest BCUT2D eigenvalue weighted by molar-refractivity contribution is -0.125. The van der Waals surface area contributed by atoms with Gasteiger partial charge in [0.1, 0.15) is 28.6 Å². The van der Waals surface area contributed by atoms with E-state index in [1.165, 1.54) is 6.08 Å². The van der Waals surface area contributed by atoms with Crippen molar-refractivity contribution in [3.05, 3.63) is 47.7 Å². The standard InChI is InChI=1S/C23H29N5O4/c1-5-20(29)28-10-9-16(14-28)27-19(21(23(25)30)22(24)26-6-2)8-7-15-11-17(31-3)13-18(12-15)32-4/h5,11-13,16,27H,1,6,9-10,14H2,2-4H3,(H2,24,26)(H2,25,30)/t16-/m0/s1. The predicted octanol–water partition coefficient (Wildman–Crippen LogP) is 0.548. The van der Waals surface area contributed by atoms with Crippen LogP contribution in [0.15, 0.2) is 47.1 Å². The van der Waals surface area contributed by atoms with Gasteiger partial charge in [0.05, 0.1) is 14.2 Å². The third-order valence-electron chi connectivity index (χ3n) is 4.79. The fraction of sp³-hybridized carbons (Fsp3) is 0.348. The van der Waals surface area contributed by atoms with Gasteiger partial charge in [0.15, 0.2) is 0 Å². The number of hydrogen-bond donors (Lipinski definition) is 3. The highest BCUT2D eigenvalue weighted by molar-refractivity contribution is 6.20. The number of nitrogens with zero attached hydrogens (tertiary/aromatic N) is 2. The Morgan fingerprint density at radius 2 is 1.94 bits per heavy atom. The van der Waals surface area contributed by atoms with Crippen LogP contribution in [0.2, 0.25) is 0 Å². The first-order chi connectivity index (χ1) is 15.3. The van der Waals surface area contributed by atoms with Crippen molar-refractivity contribution in [3.63, 3.8) is 0 Å². The van der Waals surface area contributed by atoms with E-state index in [9.17, 15) is 9.59 Å². The molecule has 0 saturated carbocycles. The Kier molecular flexibility index (Phi) is 8.72. The van der Waals surface area contributed by atoms with Gasteiger partial charge in [-0.2, -0.15) is 0 Å². The summed E-state index contributed by atoms with van der Waals surface area (Å²) in [5.41, 5.74) is 12.5. The maximum atomic E-state index is 12.2. The second kappa shape index (κ2) is 11.5. The number of carbonyl (C=O) groups excluding carboxylic acids is 2. The van der Waals surface area contributed by atoms with Crippen molar-refractivity contribution in [2.24, 2.45) is 16.5 Å². The molecule has 1 atom stereocenters. The first kappa shape index (κ1) is 24.3. The zero-order valence-electron chi connectivity index (χ0n) is 18.6. The van der Waals surface area contributed by atoms with E-state index in [2.05, 4.69) is 28.7 Å². The molecule has 0 spiro atoms. The molecule has 2 amide bonds. The first-order valence-electron chi connectivity index (χ1n) is 10.1. The highest BCUT2D eigenvalue weighted by Crippen LogP contribution is 2.22. The second-order valence-electron chi connectivity index (χ2n) is 6.94. The SMILES string of the molecule is C=CC(=O)N1CC[C@H](NC(C#Cc2cc(OC)cc(OC)c2)=C(C(N)=O)C(N)=NCC)C1. The molecule has 1 aromatic rings. The van der Waals surface area contributed by atoms with Gasteiger partial charge >= 0.3 is 0 Å². The number of amides is 2. The van der Waals surface area contributed by atoms with Crippen molar-refractivity contribution in [2.75, 3.05) is 33.9 Å². The summed E-state index contributed by atoms with van der Waals surface area (Å²) in [6.07, 6.45) is 1.93. The zero-order valence-corrected chi connectivity index (χ0v) is 18.6. The summed E-state index contributed by atoms with van der Waals surface area (Å²) in [5.74, 6) is 6.20. The average molecular weight is 440 g/mol. The fourth-order valence-corrected chi connectivity index (χ4v) is 3.22. The molecule has 170 valence electrons. The molecule has 0 aromatic heterocycles. The largest absolute Gasteiger partial charge is 0.497 e. The number of ether oxygens (including phenoxy) is 2. The Morgan fingerprint density at radius 3 is 2.47 bits per heavy atom. The van der Waals surface area contributed by atoms with Crippen LogP contribution >= 0.6 is 0 Å². The predicted molar refractivity (Wildman–Crippen MR) is 123 cm³/mol. The summed E-state index contributed by atoms with van der Waals surface area (Å²) >= 11 is 0. The van der Waals surface area contributed by atoms with E-state index in [1.54, 1.807) is 44.2 Å². The molecule has 1 aliphatic heterocycles. The van der Waals surface area contributed by atoms with Gasteiger partial charge in [-0.25, -0.2) is 0 Å².